The van der Waals surface area contributed by atoms with E-state index in [0.717, 1.165) is 29.7 Å². The van der Waals surface area contributed by atoms with Gasteiger partial charge < -0.3 is 10.1 Å². The highest BCUT2D eigenvalue weighted by Gasteiger charge is 2.46. The van der Waals surface area contributed by atoms with Gasteiger partial charge in [0.1, 0.15) is 11.0 Å². The Morgan fingerprint density at radius 3 is 2.57 bits per heavy atom. The highest BCUT2D eigenvalue weighted by atomic mass is 32.2. The molecule has 1 aliphatic carbocycles. The zero-order valence-corrected chi connectivity index (χ0v) is 18.2. The molecule has 1 N–H and O–H groups in total. The Labute approximate surface area is 180 Å². The summed E-state index contributed by atoms with van der Waals surface area (Å²) in [6, 6.07) is 13.6. The van der Waals surface area contributed by atoms with Crippen LogP contribution in [0.15, 0.2) is 47.5 Å². The minimum Gasteiger partial charge on any atom is -0.495 e. The zero-order chi connectivity index (χ0) is 21.3. The van der Waals surface area contributed by atoms with E-state index in [1.165, 1.54) is 11.8 Å². The molecule has 1 saturated heterocycles. The van der Waals surface area contributed by atoms with Crippen LogP contribution in [-0.4, -0.2) is 40.3 Å². The lowest BCUT2D eigenvalue weighted by atomic mass is 10.1. The molecule has 4 rings (SSSR count). The lowest BCUT2D eigenvalue weighted by molar-refractivity contribution is -0.128. The van der Waals surface area contributed by atoms with Crippen molar-refractivity contribution in [3.8, 4) is 5.75 Å². The molecular weight excluding hydrogens is 398 g/mol. The minimum absolute atomic E-state index is 0.0270. The van der Waals surface area contributed by atoms with Crippen molar-refractivity contribution in [3.05, 3.63) is 53.6 Å². The van der Waals surface area contributed by atoms with Gasteiger partial charge in [-0.1, -0.05) is 30.0 Å². The first-order valence-electron chi connectivity index (χ1n) is 10.0. The Hall–Kier alpha value is -2.80. The van der Waals surface area contributed by atoms with Crippen LogP contribution in [0.25, 0.3) is 0 Å². The molecule has 0 spiro atoms. The van der Waals surface area contributed by atoms with Crippen molar-refractivity contribution in [1.29, 1.82) is 0 Å². The Morgan fingerprint density at radius 2 is 1.90 bits per heavy atom. The number of amides is 2. The van der Waals surface area contributed by atoms with E-state index in [1.54, 1.807) is 24.1 Å². The first-order valence-corrected chi connectivity index (χ1v) is 10.9. The van der Waals surface area contributed by atoms with Gasteiger partial charge in [-0.15, -0.1) is 0 Å². The highest BCUT2D eigenvalue weighted by Crippen LogP contribution is 2.39. The third-order valence-electron chi connectivity index (χ3n) is 5.06. The fourth-order valence-corrected chi connectivity index (χ4v) is 4.82. The van der Waals surface area contributed by atoms with Crippen LogP contribution < -0.4 is 10.1 Å². The van der Waals surface area contributed by atoms with E-state index < -0.39 is 5.25 Å². The summed E-state index contributed by atoms with van der Waals surface area (Å²) >= 11 is 1.38. The van der Waals surface area contributed by atoms with Gasteiger partial charge in [-0.05, 0) is 62.1 Å². The predicted octanol–water partition coefficient (Wildman–Crippen LogP) is 4.43. The molecule has 0 radical (unpaired) electrons. The molecule has 0 unspecified atom stereocenters. The molecule has 2 amide bonds. The average Bonchev–Trinajstić information content (AvgIpc) is 3.47. The van der Waals surface area contributed by atoms with Crippen molar-refractivity contribution in [2.45, 2.75) is 44.4 Å². The zero-order valence-electron chi connectivity index (χ0n) is 17.3. The van der Waals surface area contributed by atoms with Crippen LogP contribution in [0.2, 0.25) is 0 Å². The van der Waals surface area contributed by atoms with E-state index in [4.69, 9.17) is 9.73 Å². The maximum atomic E-state index is 13.1. The maximum Gasteiger partial charge on any atom is 0.242 e. The molecule has 6 nitrogen and oxygen atoms in total. The van der Waals surface area contributed by atoms with Gasteiger partial charge in [-0.3, -0.25) is 14.5 Å². The number of para-hydroxylation sites is 2. The summed E-state index contributed by atoms with van der Waals surface area (Å²) in [5, 5.41) is 3.09. The Balaban J connectivity index is 1.51. The number of aryl methyl sites for hydroxylation is 2. The second kappa shape index (κ2) is 8.52. The van der Waals surface area contributed by atoms with Crippen LogP contribution >= 0.6 is 11.8 Å². The van der Waals surface area contributed by atoms with Crippen LogP contribution in [0, 0.1) is 13.8 Å². The molecule has 1 saturated carbocycles. The molecule has 156 valence electrons. The van der Waals surface area contributed by atoms with Crippen LogP contribution in [0.5, 0.6) is 5.75 Å². The first kappa shape index (κ1) is 20.5. The van der Waals surface area contributed by atoms with Crippen LogP contribution in [0.3, 0.4) is 0 Å². The van der Waals surface area contributed by atoms with Gasteiger partial charge in [0.25, 0.3) is 0 Å². The van der Waals surface area contributed by atoms with E-state index in [2.05, 4.69) is 11.4 Å². The average molecular weight is 424 g/mol. The van der Waals surface area contributed by atoms with Crippen LogP contribution in [-0.2, 0) is 9.59 Å². The van der Waals surface area contributed by atoms with Gasteiger partial charge >= 0.3 is 0 Å². The van der Waals surface area contributed by atoms with Crippen LogP contribution in [0.1, 0.15) is 30.4 Å². The number of nitrogens with one attached hydrogen (secondary N) is 1. The molecule has 1 atom stereocenters. The van der Waals surface area contributed by atoms with Crippen molar-refractivity contribution in [2.24, 2.45) is 4.99 Å². The maximum absolute atomic E-state index is 13.1. The number of benzene rings is 2. The summed E-state index contributed by atoms with van der Waals surface area (Å²) < 4.78 is 5.28. The Bertz CT molecular complexity index is 996. The number of anilines is 1. The molecule has 2 aromatic carbocycles. The number of carbonyl (C=O) groups excluding carboxylic acids is 2. The Morgan fingerprint density at radius 1 is 1.20 bits per heavy atom. The summed E-state index contributed by atoms with van der Waals surface area (Å²) in [5.74, 6) is 0.350. The largest absolute Gasteiger partial charge is 0.495 e. The predicted molar refractivity (Wildman–Crippen MR) is 120 cm³/mol. The number of ether oxygens (including phenoxy) is 1. The topological polar surface area (TPSA) is 71.0 Å². The summed E-state index contributed by atoms with van der Waals surface area (Å²) in [5.41, 5.74) is 3.71. The van der Waals surface area contributed by atoms with Crippen molar-refractivity contribution >= 4 is 40.1 Å². The highest BCUT2D eigenvalue weighted by molar-refractivity contribution is 8.15. The smallest absolute Gasteiger partial charge is 0.242 e. The molecule has 2 fully saturated rings. The molecule has 1 heterocycles. The van der Waals surface area contributed by atoms with Gasteiger partial charge in [0.05, 0.1) is 18.5 Å². The number of methoxy groups -OCH3 is 1. The van der Waals surface area contributed by atoms with Gasteiger partial charge in [0.15, 0.2) is 5.17 Å². The number of aliphatic imine (C=N–C) groups is 1. The SMILES string of the molecule is COc1ccccc1NC(=O)C[C@H]1SC(=Nc2cc(C)cc(C)c2)N(C2CC2)C1=O. The molecule has 0 bridgehead atoms. The van der Waals surface area contributed by atoms with Crippen molar-refractivity contribution in [3.63, 3.8) is 0 Å². The van der Waals surface area contributed by atoms with E-state index in [1.807, 2.05) is 38.1 Å². The molecule has 2 aliphatic rings. The van der Waals surface area contributed by atoms with Gasteiger partial charge in [0, 0.05) is 12.5 Å². The third kappa shape index (κ3) is 4.51. The lowest BCUT2D eigenvalue weighted by Crippen LogP contribution is -2.35. The van der Waals surface area contributed by atoms with Crippen LogP contribution in [0.4, 0.5) is 11.4 Å². The second-order valence-corrected chi connectivity index (χ2v) is 8.91. The number of rotatable bonds is 6. The normalized spacial score (nSPS) is 20.0. The second-order valence-electron chi connectivity index (χ2n) is 7.74. The number of amidine groups is 1. The summed E-state index contributed by atoms with van der Waals surface area (Å²) in [7, 11) is 1.56. The fourth-order valence-electron chi connectivity index (χ4n) is 3.61. The van der Waals surface area contributed by atoms with E-state index in [0.29, 0.717) is 16.6 Å². The third-order valence-corrected chi connectivity index (χ3v) is 6.21. The molecule has 30 heavy (non-hydrogen) atoms. The molecule has 1 aliphatic heterocycles. The monoisotopic (exact) mass is 423 g/mol. The fraction of sp³-hybridized carbons (Fsp3) is 0.348. The van der Waals surface area contributed by atoms with E-state index in [9.17, 15) is 9.59 Å². The van der Waals surface area contributed by atoms with Gasteiger partial charge in [-0.2, -0.15) is 0 Å². The van der Waals surface area contributed by atoms with E-state index in [-0.39, 0.29) is 24.3 Å². The van der Waals surface area contributed by atoms with Crippen molar-refractivity contribution in [2.75, 3.05) is 12.4 Å². The standard InChI is InChI=1S/C23H25N3O3S/c1-14-10-15(2)12-16(11-14)24-23-26(17-8-9-17)22(28)20(30-23)13-21(27)25-18-6-4-5-7-19(18)29-3/h4-7,10-12,17,20H,8-9,13H2,1-3H3,(H,25,27)/t20-/m1/s1. The minimum atomic E-state index is -0.468. The van der Waals surface area contributed by atoms with Gasteiger partial charge in [-0.25, -0.2) is 4.99 Å². The van der Waals surface area contributed by atoms with Crippen molar-refractivity contribution < 1.29 is 14.3 Å². The number of nitrogens with zero attached hydrogens (tertiary/aromatic N) is 2. The summed E-state index contributed by atoms with van der Waals surface area (Å²) in [6.45, 7) is 4.07. The quantitative estimate of drug-likeness (QED) is 0.746. The number of carbonyl (C=O) groups is 2. The van der Waals surface area contributed by atoms with E-state index >= 15 is 0 Å². The number of hydrogen-bond acceptors (Lipinski definition) is 5. The molecule has 0 aromatic heterocycles. The summed E-state index contributed by atoms with van der Waals surface area (Å²) in [4.78, 5) is 32.3. The summed E-state index contributed by atoms with van der Waals surface area (Å²) in [6.07, 6.45) is 2.06. The van der Waals surface area contributed by atoms with Gasteiger partial charge in [0.2, 0.25) is 11.8 Å². The number of hydrogen-bond donors (Lipinski definition) is 1. The Kier molecular flexibility index (Phi) is 5.81. The van der Waals surface area contributed by atoms with Crippen molar-refractivity contribution in [1.82, 2.24) is 4.90 Å². The first-order chi connectivity index (χ1) is 14.4. The lowest BCUT2D eigenvalue weighted by Gasteiger charge is -2.15. The molecular formula is C23H25N3O3S. The molecule has 7 heteroatoms. The number of thioether (sulfide) groups is 1. The molecule has 2 aromatic rings.